The van der Waals surface area contributed by atoms with E-state index in [1.165, 1.54) is 25.3 Å². The van der Waals surface area contributed by atoms with Crippen molar-refractivity contribution in [1.29, 1.82) is 0 Å². The molecular formula is C21H34FN5O. The lowest BCUT2D eigenvalue weighted by Crippen LogP contribution is -2.34. The van der Waals surface area contributed by atoms with E-state index >= 15 is 0 Å². The molecule has 1 aliphatic carbocycles. The van der Waals surface area contributed by atoms with Crippen molar-refractivity contribution in [2.24, 2.45) is 5.92 Å². The Morgan fingerprint density at radius 3 is 2.75 bits per heavy atom. The summed E-state index contributed by atoms with van der Waals surface area (Å²) in [6.45, 7) is 3.74. The lowest BCUT2D eigenvalue weighted by Gasteiger charge is -2.33. The summed E-state index contributed by atoms with van der Waals surface area (Å²) in [7, 11) is 1.96. The normalized spacial score (nSPS) is 22.8. The quantitative estimate of drug-likeness (QED) is 0.536. The van der Waals surface area contributed by atoms with E-state index in [4.69, 9.17) is 0 Å². The average Bonchev–Trinajstić information content (AvgIpc) is 3.10. The Morgan fingerprint density at radius 2 is 2.07 bits per heavy atom. The number of benzene rings is 1. The molecule has 3 rings (SSSR count). The first-order valence-corrected chi connectivity index (χ1v) is 10.6. The number of carbonyl (C=O) groups excluding carboxylic acids is 1. The molecule has 2 fully saturated rings. The van der Waals surface area contributed by atoms with Crippen molar-refractivity contribution in [3.8, 4) is 0 Å². The van der Waals surface area contributed by atoms with Crippen molar-refractivity contribution in [1.82, 2.24) is 16.2 Å². The molecule has 0 bridgehead atoms. The second-order valence-corrected chi connectivity index (χ2v) is 8.17. The van der Waals surface area contributed by atoms with Gasteiger partial charge in [-0.3, -0.25) is 10.9 Å². The van der Waals surface area contributed by atoms with Crippen LogP contribution < -0.4 is 26.4 Å². The summed E-state index contributed by atoms with van der Waals surface area (Å²) in [6.07, 6.45) is 7.91. The van der Waals surface area contributed by atoms with Gasteiger partial charge < -0.3 is 15.5 Å². The van der Waals surface area contributed by atoms with Gasteiger partial charge in [-0.05, 0) is 56.7 Å². The third kappa shape index (κ3) is 5.58. The zero-order valence-electron chi connectivity index (χ0n) is 17.1. The first kappa shape index (κ1) is 20.9. The van der Waals surface area contributed by atoms with E-state index < -0.39 is 0 Å². The van der Waals surface area contributed by atoms with Crippen molar-refractivity contribution < 1.29 is 9.18 Å². The number of halogens is 1. The molecule has 2 aliphatic rings. The van der Waals surface area contributed by atoms with E-state index in [0.717, 1.165) is 32.2 Å². The molecular weight excluding hydrogens is 357 g/mol. The average molecular weight is 392 g/mol. The maximum atomic E-state index is 14.6. The minimum Gasteiger partial charge on any atom is -0.369 e. The Morgan fingerprint density at radius 1 is 1.29 bits per heavy atom. The number of anilines is 2. The van der Waals surface area contributed by atoms with Gasteiger partial charge in [-0.25, -0.2) is 9.18 Å². The molecule has 28 heavy (non-hydrogen) atoms. The summed E-state index contributed by atoms with van der Waals surface area (Å²) < 4.78 is 14.6. The van der Waals surface area contributed by atoms with E-state index in [2.05, 4.69) is 28.4 Å². The molecule has 1 aliphatic heterocycles. The molecule has 0 aromatic heterocycles. The number of urea groups is 1. The van der Waals surface area contributed by atoms with Crippen molar-refractivity contribution in [3.63, 3.8) is 0 Å². The van der Waals surface area contributed by atoms with Gasteiger partial charge in [-0.2, -0.15) is 0 Å². The minimum atomic E-state index is -0.291. The van der Waals surface area contributed by atoms with Crippen LogP contribution in [0.4, 0.5) is 20.6 Å². The Labute approximate surface area is 167 Å². The van der Waals surface area contributed by atoms with Crippen LogP contribution in [0.25, 0.3) is 0 Å². The first-order valence-electron chi connectivity index (χ1n) is 10.6. The second kappa shape index (κ2) is 10.1. The van der Waals surface area contributed by atoms with E-state index in [9.17, 15) is 9.18 Å². The van der Waals surface area contributed by atoms with Crippen LogP contribution in [0.2, 0.25) is 0 Å². The van der Waals surface area contributed by atoms with Crippen LogP contribution in [0.3, 0.4) is 0 Å². The van der Waals surface area contributed by atoms with Gasteiger partial charge in [0.05, 0.1) is 5.69 Å². The van der Waals surface area contributed by atoms with Gasteiger partial charge >= 0.3 is 6.03 Å². The molecule has 4 N–H and O–H groups in total. The number of rotatable bonds is 7. The highest BCUT2D eigenvalue weighted by Gasteiger charge is 2.22. The van der Waals surface area contributed by atoms with Crippen molar-refractivity contribution in [3.05, 3.63) is 24.0 Å². The van der Waals surface area contributed by atoms with Crippen molar-refractivity contribution >= 4 is 17.4 Å². The third-order valence-corrected chi connectivity index (χ3v) is 6.15. The van der Waals surface area contributed by atoms with E-state index in [-0.39, 0.29) is 11.8 Å². The zero-order chi connectivity index (χ0) is 19.9. The summed E-state index contributed by atoms with van der Waals surface area (Å²) in [4.78, 5) is 14.1. The molecule has 2 atom stereocenters. The molecule has 156 valence electrons. The molecule has 0 radical (unpaired) electrons. The monoisotopic (exact) mass is 391 g/mol. The lowest BCUT2D eigenvalue weighted by atomic mass is 9.94. The van der Waals surface area contributed by atoms with Gasteiger partial charge in [0.25, 0.3) is 0 Å². The predicted octanol–water partition coefficient (Wildman–Crippen LogP) is 3.61. The number of carbonyl (C=O) groups is 1. The number of amides is 2. The standard InChI is InChI=1S/C21H34FN5O/c1-15-16(14-24-26-15)7-6-12-23-21(28)25-17-10-11-20(19(22)13-17)27(2)18-8-4-3-5-9-18/h10-11,13,15-16,18,24,26H,3-9,12,14H2,1-2H3,(H2,23,25,28). The van der Waals surface area contributed by atoms with E-state index in [1.54, 1.807) is 12.1 Å². The Balaban J connectivity index is 1.43. The van der Waals surface area contributed by atoms with Crippen LogP contribution >= 0.6 is 0 Å². The molecule has 2 unspecified atom stereocenters. The van der Waals surface area contributed by atoms with Crippen LogP contribution in [0.1, 0.15) is 51.9 Å². The van der Waals surface area contributed by atoms with Gasteiger partial charge in [0.15, 0.2) is 0 Å². The fourth-order valence-corrected chi connectivity index (χ4v) is 4.27. The maximum absolute atomic E-state index is 14.6. The maximum Gasteiger partial charge on any atom is 0.319 e. The number of nitrogens with zero attached hydrogens (tertiary/aromatic N) is 1. The molecule has 2 amide bonds. The van der Waals surface area contributed by atoms with E-state index in [0.29, 0.717) is 35.9 Å². The highest BCUT2D eigenvalue weighted by Crippen LogP contribution is 2.29. The molecule has 1 saturated carbocycles. The van der Waals surface area contributed by atoms with Crippen molar-refractivity contribution in [2.75, 3.05) is 30.4 Å². The largest absolute Gasteiger partial charge is 0.369 e. The number of hydrazine groups is 1. The summed E-state index contributed by atoms with van der Waals surface area (Å²) in [5.74, 6) is 0.300. The summed E-state index contributed by atoms with van der Waals surface area (Å²) in [6, 6.07) is 5.52. The molecule has 6 nitrogen and oxygen atoms in total. The molecule has 1 aromatic rings. The van der Waals surface area contributed by atoms with Crippen LogP contribution in [-0.2, 0) is 0 Å². The summed E-state index contributed by atoms with van der Waals surface area (Å²) in [5, 5.41) is 5.59. The van der Waals surface area contributed by atoms with Crippen LogP contribution in [0.5, 0.6) is 0 Å². The molecule has 1 heterocycles. The topological polar surface area (TPSA) is 68.4 Å². The third-order valence-electron chi connectivity index (χ3n) is 6.15. The SMILES string of the molecule is CC1NNCC1CCCNC(=O)Nc1ccc(N(C)C2CCCCC2)c(F)c1. The molecule has 7 heteroatoms. The van der Waals surface area contributed by atoms with Gasteiger partial charge in [0, 0.05) is 37.9 Å². The molecule has 1 saturated heterocycles. The van der Waals surface area contributed by atoms with E-state index in [1.807, 2.05) is 11.9 Å². The second-order valence-electron chi connectivity index (χ2n) is 8.17. The number of hydrogen-bond donors (Lipinski definition) is 4. The summed E-state index contributed by atoms with van der Waals surface area (Å²) in [5.41, 5.74) is 7.44. The van der Waals surface area contributed by atoms with Gasteiger partial charge in [-0.1, -0.05) is 19.3 Å². The van der Waals surface area contributed by atoms with Crippen LogP contribution in [-0.4, -0.2) is 38.3 Å². The minimum absolute atomic E-state index is 0.288. The molecule has 1 aromatic carbocycles. The Kier molecular flexibility index (Phi) is 7.50. The smallest absolute Gasteiger partial charge is 0.319 e. The fourth-order valence-electron chi connectivity index (χ4n) is 4.27. The Hall–Kier alpha value is -1.86. The Bertz CT molecular complexity index is 650. The number of nitrogens with one attached hydrogen (secondary N) is 4. The number of hydrogen-bond acceptors (Lipinski definition) is 4. The van der Waals surface area contributed by atoms with Crippen LogP contribution in [0.15, 0.2) is 18.2 Å². The van der Waals surface area contributed by atoms with Gasteiger partial charge in [0.1, 0.15) is 5.82 Å². The van der Waals surface area contributed by atoms with Crippen LogP contribution in [0, 0.1) is 11.7 Å². The lowest BCUT2D eigenvalue weighted by molar-refractivity contribution is 0.251. The summed E-state index contributed by atoms with van der Waals surface area (Å²) >= 11 is 0. The van der Waals surface area contributed by atoms with Crippen molar-refractivity contribution in [2.45, 2.75) is 64.0 Å². The molecule has 0 spiro atoms. The highest BCUT2D eigenvalue weighted by molar-refractivity contribution is 5.89. The fraction of sp³-hybridized carbons (Fsp3) is 0.667. The first-order chi connectivity index (χ1) is 13.5. The highest BCUT2D eigenvalue weighted by atomic mass is 19.1. The predicted molar refractivity (Wildman–Crippen MR) is 112 cm³/mol. The van der Waals surface area contributed by atoms with Gasteiger partial charge in [-0.15, -0.1) is 0 Å². The van der Waals surface area contributed by atoms with Gasteiger partial charge in [0.2, 0.25) is 0 Å². The zero-order valence-corrected chi connectivity index (χ0v) is 17.1.